The van der Waals surface area contributed by atoms with E-state index in [1.165, 1.54) is 11.8 Å². The van der Waals surface area contributed by atoms with E-state index in [2.05, 4.69) is 0 Å². The van der Waals surface area contributed by atoms with Crippen LogP contribution in [0.5, 0.6) is 11.5 Å². The van der Waals surface area contributed by atoms with Crippen molar-refractivity contribution in [2.75, 3.05) is 13.4 Å². The summed E-state index contributed by atoms with van der Waals surface area (Å²) >= 11 is 4.04. The molecule has 0 aliphatic carbocycles. The van der Waals surface area contributed by atoms with Gasteiger partial charge in [-0.05, 0) is 99.3 Å². The predicted octanol–water partition coefficient (Wildman–Crippen LogP) is 9.00. The molecule has 0 spiro atoms. The summed E-state index contributed by atoms with van der Waals surface area (Å²) in [6, 6.07) is 37.2. The van der Waals surface area contributed by atoms with Gasteiger partial charge in [-0.1, -0.05) is 66.7 Å². The molecule has 3 aliphatic heterocycles. The van der Waals surface area contributed by atoms with Crippen molar-refractivity contribution in [2.24, 2.45) is 0 Å². The van der Waals surface area contributed by atoms with Gasteiger partial charge in [0.1, 0.15) is 41.2 Å². The minimum absolute atomic E-state index is 0.335. The molecule has 3 saturated heterocycles. The lowest BCUT2D eigenvalue weighted by Crippen LogP contribution is -2.64. The molecule has 4 aromatic carbocycles. The molecule has 14 heteroatoms. The molecule has 11 nitrogen and oxygen atoms in total. The molecule has 0 saturated carbocycles. The molecule has 3 heterocycles. The van der Waals surface area contributed by atoms with Gasteiger partial charge in [0, 0.05) is 16.2 Å². The predicted molar refractivity (Wildman–Crippen MR) is 233 cm³/mol. The summed E-state index contributed by atoms with van der Waals surface area (Å²) in [4.78, 5) is 15.3. The Morgan fingerprint density at radius 1 is 0.650 bits per heavy atom. The van der Waals surface area contributed by atoms with E-state index in [1.807, 2.05) is 136 Å². The Balaban J connectivity index is 1.24. The Morgan fingerprint density at radius 3 is 1.82 bits per heavy atom. The maximum absolute atomic E-state index is 13.3. The molecular weight excluding hydrogens is 825 g/mol. The molecule has 3 aliphatic rings. The van der Waals surface area contributed by atoms with Gasteiger partial charge >= 0.3 is 5.30 Å². The smallest absolute Gasteiger partial charge is 0.367 e. The highest BCUT2D eigenvalue weighted by molar-refractivity contribution is 8.12. The third-order valence-electron chi connectivity index (χ3n) is 10.7. The third kappa shape index (κ3) is 11.6. The fourth-order valence-corrected chi connectivity index (χ4v) is 10.1. The molecule has 0 unspecified atom stereocenters. The lowest BCUT2D eigenvalue weighted by Gasteiger charge is -2.50. The highest BCUT2D eigenvalue weighted by Crippen LogP contribution is 2.44. The van der Waals surface area contributed by atoms with Crippen LogP contribution >= 0.6 is 35.3 Å². The van der Waals surface area contributed by atoms with Crippen LogP contribution in [0.3, 0.4) is 0 Å². The van der Waals surface area contributed by atoms with Crippen molar-refractivity contribution in [2.45, 2.75) is 128 Å². The number of ether oxygens (including phenoxy) is 9. The van der Waals surface area contributed by atoms with Gasteiger partial charge in [-0.25, -0.2) is 4.79 Å². The third-order valence-corrected chi connectivity index (χ3v) is 13.7. The zero-order chi connectivity index (χ0) is 42.0. The van der Waals surface area contributed by atoms with Crippen molar-refractivity contribution >= 4 is 40.6 Å². The summed E-state index contributed by atoms with van der Waals surface area (Å²) in [5.74, 6) is 1.26. The van der Waals surface area contributed by atoms with Crippen LogP contribution < -0.4 is 9.47 Å². The van der Waals surface area contributed by atoms with Gasteiger partial charge in [0.05, 0.1) is 43.4 Å². The first kappa shape index (κ1) is 44.8. The molecule has 322 valence electrons. The number of hydrogen-bond donors (Lipinski definition) is 1. The van der Waals surface area contributed by atoms with E-state index in [-0.39, 0.29) is 0 Å². The lowest BCUT2D eigenvalue weighted by molar-refractivity contribution is -0.323. The van der Waals surface area contributed by atoms with Gasteiger partial charge in [0.15, 0.2) is 12.6 Å². The number of aliphatic hydroxyl groups excluding tert-OH is 1. The number of methoxy groups -OCH3 is 1. The van der Waals surface area contributed by atoms with Crippen molar-refractivity contribution in [1.29, 1.82) is 0 Å². The monoisotopic (exact) mass is 878 g/mol. The van der Waals surface area contributed by atoms with Crippen LogP contribution in [-0.2, 0) is 39.8 Å². The lowest BCUT2D eigenvalue weighted by atomic mass is 9.98. The molecule has 0 amide bonds. The van der Waals surface area contributed by atoms with Crippen LogP contribution in [-0.4, -0.2) is 102 Å². The van der Waals surface area contributed by atoms with Gasteiger partial charge in [-0.3, -0.25) is 0 Å². The molecule has 1 N–H and O–H groups in total. The fourth-order valence-electron chi connectivity index (χ4n) is 7.50. The van der Waals surface area contributed by atoms with E-state index in [4.69, 9.17) is 42.6 Å². The van der Waals surface area contributed by atoms with E-state index in [0.29, 0.717) is 30.9 Å². The van der Waals surface area contributed by atoms with Crippen LogP contribution in [0.25, 0.3) is 0 Å². The number of thioether (sulfide) groups is 3. The van der Waals surface area contributed by atoms with Crippen LogP contribution in [0.4, 0.5) is 4.79 Å². The molecule has 0 aromatic heterocycles. The minimum atomic E-state index is -0.897. The van der Waals surface area contributed by atoms with Gasteiger partial charge in [0.2, 0.25) is 6.29 Å². The second-order valence-electron chi connectivity index (χ2n) is 14.9. The first-order valence-corrected chi connectivity index (χ1v) is 23.3. The number of rotatable bonds is 15. The van der Waals surface area contributed by atoms with Crippen molar-refractivity contribution in [3.8, 4) is 11.5 Å². The molecule has 3 fully saturated rings. The van der Waals surface area contributed by atoms with Gasteiger partial charge in [0.25, 0.3) is 0 Å². The SMILES string of the molecule is COc1ccc(O[C@@H]2O[C@H](C)[C@@H](O[C@@H]3O[C@H](C)[C@@H](OCc4ccccc4)[C@H](O[C@H]4CC[C@H](O)[C@H](C)O4)[C@H]3Sc3ccccc3)[C@H](OC(=O)SC)[C@H]2Sc2ccccc2)cc1. The number of carbonyl (C=O) groups excluding carboxylic acids is 1. The number of aliphatic hydroxyl groups is 1. The maximum Gasteiger partial charge on any atom is 0.367 e. The largest absolute Gasteiger partial charge is 0.497 e. The Kier molecular flexibility index (Phi) is 16.2. The average Bonchev–Trinajstić information content (AvgIpc) is 3.27. The quantitative estimate of drug-likeness (QED) is 0.114. The highest BCUT2D eigenvalue weighted by Gasteiger charge is 2.54. The Labute approximate surface area is 365 Å². The Hall–Kier alpha value is -3.28. The van der Waals surface area contributed by atoms with Crippen molar-refractivity contribution in [3.63, 3.8) is 0 Å². The van der Waals surface area contributed by atoms with Gasteiger partial charge < -0.3 is 47.7 Å². The van der Waals surface area contributed by atoms with E-state index < -0.39 is 83.5 Å². The first-order chi connectivity index (χ1) is 29.2. The summed E-state index contributed by atoms with van der Waals surface area (Å²) in [5, 5.41) is 8.99. The Bertz CT molecular complexity index is 1900. The molecule has 0 radical (unpaired) electrons. The van der Waals surface area contributed by atoms with Crippen molar-refractivity contribution in [3.05, 3.63) is 121 Å². The zero-order valence-corrected chi connectivity index (χ0v) is 36.8. The Morgan fingerprint density at radius 2 is 1.22 bits per heavy atom. The first-order valence-electron chi connectivity index (χ1n) is 20.3. The van der Waals surface area contributed by atoms with E-state index in [9.17, 15) is 9.90 Å². The second kappa shape index (κ2) is 21.7. The minimum Gasteiger partial charge on any atom is -0.497 e. The molecule has 60 heavy (non-hydrogen) atoms. The summed E-state index contributed by atoms with van der Waals surface area (Å²) in [6.45, 7) is 6.04. The molecule has 13 atom stereocenters. The van der Waals surface area contributed by atoms with Crippen LogP contribution in [0.15, 0.2) is 125 Å². The normalized spacial score (nSPS) is 31.9. The van der Waals surface area contributed by atoms with E-state index in [1.54, 1.807) is 25.1 Å². The van der Waals surface area contributed by atoms with Crippen LogP contribution in [0.2, 0.25) is 0 Å². The zero-order valence-electron chi connectivity index (χ0n) is 34.4. The standard InChI is InChI=1S/C46H54O11S3/c1-28-36(47)25-26-37(51-28)55-40-38(50-27-31-15-9-6-10-16-31)29(2)52-45(42(40)59-34-17-11-7-12-18-34)56-39-30(3)53-44(54-33-23-21-32(49-4)22-24-33)43(41(39)57-46(48)58-5)60-35-19-13-8-14-20-35/h6-24,28-30,36-45,47H,25-27H2,1-5H3/t28-,29+,30+,36-,37-,38+,39+,40-,41-,42+,43+,44-,45-/m0/s1. The molecule has 4 aromatic rings. The van der Waals surface area contributed by atoms with Crippen LogP contribution in [0.1, 0.15) is 39.2 Å². The molecule has 0 bridgehead atoms. The summed E-state index contributed by atoms with van der Waals surface area (Å²) in [7, 11) is 1.61. The van der Waals surface area contributed by atoms with Crippen molar-refractivity contribution in [1.82, 2.24) is 0 Å². The van der Waals surface area contributed by atoms with E-state index >= 15 is 0 Å². The maximum atomic E-state index is 13.3. The van der Waals surface area contributed by atoms with Crippen molar-refractivity contribution < 1.29 is 52.5 Å². The van der Waals surface area contributed by atoms with Crippen LogP contribution in [0, 0.1) is 0 Å². The molecular formula is C46H54O11S3. The average molecular weight is 879 g/mol. The summed E-state index contributed by atoms with van der Waals surface area (Å²) in [5.41, 5.74) is 1.01. The van der Waals surface area contributed by atoms with Gasteiger partial charge in [-0.15, -0.1) is 23.5 Å². The number of hydrogen-bond acceptors (Lipinski definition) is 14. The summed E-state index contributed by atoms with van der Waals surface area (Å²) in [6.07, 6.45) is -4.52. The second-order valence-corrected chi connectivity index (χ2v) is 18.2. The van der Waals surface area contributed by atoms with Gasteiger partial charge in [-0.2, -0.15) is 0 Å². The fraction of sp³-hybridized carbons (Fsp3) is 0.457. The number of carbonyl (C=O) groups is 1. The topological polar surface area (TPSA) is 120 Å². The number of benzene rings is 4. The van der Waals surface area contributed by atoms with E-state index in [0.717, 1.165) is 27.1 Å². The molecule has 7 rings (SSSR count). The summed E-state index contributed by atoms with van der Waals surface area (Å²) < 4.78 is 59.0. The highest BCUT2D eigenvalue weighted by atomic mass is 32.2.